The Hall–Kier alpha value is -1.75. The maximum absolute atomic E-state index is 11.8. The minimum Gasteiger partial charge on any atom is -0.489 e. The number of amides is 1. The Bertz CT molecular complexity index is 705. The van der Waals surface area contributed by atoms with E-state index in [1.54, 1.807) is 12.1 Å². The highest BCUT2D eigenvalue weighted by Crippen LogP contribution is 2.23. The van der Waals surface area contributed by atoms with Crippen molar-refractivity contribution in [1.29, 1.82) is 0 Å². The number of hydrogen-bond donors (Lipinski definition) is 2. The second-order valence-electron chi connectivity index (χ2n) is 5.79. The lowest BCUT2D eigenvalue weighted by Crippen LogP contribution is -2.40. The summed E-state index contributed by atoms with van der Waals surface area (Å²) < 4.78 is 5.73. The highest BCUT2D eigenvalue weighted by molar-refractivity contribution is 6.42. The Balaban J connectivity index is 1.83. The van der Waals surface area contributed by atoms with Crippen LogP contribution in [0.1, 0.15) is 30.9 Å². The van der Waals surface area contributed by atoms with Crippen molar-refractivity contribution in [2.75, 3.05) is 0 Å². The molecular weight excluding hydrogens is 359 g/mol. The normalized spacial score (nSPS) is 11.8. The zero-order valence-corrected chi connectivity index (χ0v) is 15.6. The molecule has 0 heterocycles. The summed E-state index contributed by atoms with van der Waals surface area (Å²) in [5.41, 5.74) is 7.71. The fraction of sp³-hybridized carbons (Fsp3) is 0.316. The van der Waals surface area contributed by atoms with Crippen molar-refractivity contribution < 1.29 is 9.53 Å². The second-order valence-corrected chi connectivity index (χ2v) is 6.61. The molecule has 2 aromatic carbocycles. The number of benzene rings is 2. The Morgan fingerprint density at radius 1 is 1.12 bits per heavy atom. The third kappa shape index (κ3) is 6.24. The van der Waals surface area contributed by atoms with Gasteiger partial charge in [-0.05, 0) is 41.8 Å². The zero-order chi connectivity index (χ0) is 18.2. The van der Waals surface area contributed by atoms with Crippen molar-refractivity contribution in [2.24, 2.45) is 5.73 Å². The largest absolute Gasteiger partial charge is 0.489 e. The van der Waals surface area contributed by atoms with Crippen molar-refractivity contribution in [3.8, 4) is 5.75 Å². The summed E-state index contributed by atoms with van der Waals surface area (Å²) >= 11 is 11.9. The molecule has 1 amide bonds. The predicted molar refractivity (Wildman–Crippen MR) is 102 cm³/mol. The van der Waals surface area contributed by atoms with Gasteiger partial charge >= 0.3 is 0 Å². The van der Waals surface area contributed by atoms with Crippen LogP contribution in [-0.2, 0) is 17.9 Å². The van der Waals surface area contributed by atoms with Crippen LogP contribution in [0.15, 0.2) is 42.5 Å². The molecule has 0 fully saturated rings. The lowest BCUT2D eigenvalue weighted by molar-refractivity contribution is -0.122. The number of ether oxygens (including phenoxy) is 1. The first-order valence-electron chi connectivity index (χ1n) is 8.18. The van der Waals surface area contributed by atoms with Gasteiger partial charge in [0.2, 0.25) is 5.91 Å². The lowest BCUT2D eigenvalue weighted by atomic mass is 10.1. The van der Waals surface area contributed by atoms with Gasteiger partial charge in [0, 0.05) is 6.54 Å². The molecule has 3 N–H and O–H groups in total. The smallest absolute Gasteiger partial charge is 0.237 e. The molecule has 0 aliphatic carbocycles. The van der Waals surface area contributed by atoms with Gasteiger partial charge in [0.05, 0.1) is 16.1 Å². The number of nitrogens with one attached hydrogen (secondary N) is 1. The van der Waals surface area contributed by atoms with Crippen LogP contribution in [0, 0.1) is 0 Å². The Morgan fingerprint density at radius 2 is 1.80 bits per heavy atom. The molecule has 6 heteroatoms. The summed E-state index contributed by atoms with van der Waals surface area (Å²) in [6, 6.07) is 12.5. The van der Waals surface area contributed by atoms with Crippen LogP contribution in [0.5, 0.6) is 5.75 Å². The molecule has 2 rings (SSSR count). The summed E-state index contributed by atoms with van der Waals surface area (Å²) in [5.74, 6) is 0.616. The number of halogens is 2. The molecule has 2 aromatic rings. The number of carbonyl (C=O) groups excluding carboxylic acids is 1. The van der Waals surface area contributed by atoms with E-state index in [4.69, 9.17) is 33.7 Å². The molecule has 4 nitrogen and oxygen atoms in total. The van der Waals surface area contributed by atoms with Gasteiger partial charge in [-0.2, -0.15) is 0 Å². The number of nitrogens with two attached hydrogens (primary N) is 1. The summed E-state index contributed by atoms with van der Waals surface area (Å²) in [4.78, 5) is 11.8. The van der Waals surface area contributed by atoms with Crippen molar-refractivity contribution >= 4 is 29.1 Å². The minimum absolute atomic E-state index is 0.123. The number of rotatable bonds is 8. The molecule has 1 atom stereocenters. The highest BCUT2D eigenvalue weighted by atomic mass is 35.5. The molecule has 0 aliphatic heterocycles. The minimum atomic E-state index is -0.446. The summed E-state index contributed by atoms with van der Waals surface area (Å²) in [7, 11) is 0. The van der Waals surface area contributed by atoms with E-state index in [9.17, 15) is 4.79 Å². The molecule has 134 valence electrons. The van der Waals surface area contributed by atoms with E-state index in [0.29, 0.717) is 29.6 Å². The van der Waals surface area contributed by atoms with E-state index in [0.717, 1.165) is 23.3 Å². The van der Waals surface area contributed by atoms with Gasteiger partial charge in [-0.1, -0.05) is 54.7 Å². The molecule has 0 radical (unpaired) electrons. The molecule has 0 spiro atoms. The van der Waals surface area contributed by atoms with Crippen LogP contribution in [0.2, 0.25) is 10.0 Å². The first-order chi connectivity index (χ1) is 12.0. The van der Waals surface area contributed by atoms with Crippen LogP contribution in [-0.4, -0.2) is 11.9 Å². The van der Waals surface area contributed by atoms with Crippen molar-refractivity contribution in [2.45, 2.75) is 39.0 Å². The van der Waals surface area contributed by atoms with Crippen LogP contribution < -0.4 is 15.8 Å². The monoisotopic (exact) mass is 380 g/mol. The van der Waals surface area contributed by atoms with Crippen molar-refractivity contribution in [3.63, 3.8) is 0 Å². The first kappa shape index (κ1) is 19.6. The highest BCUT2D eigenvalue weighted by Gasteiger charge is 2.11. The van der Waals surface area contributed by atoms with E-state index in [-0.39, 0.29) is 5.91 Å². The molecular formula is C19H22Cl2N2O2. The van der Waals surface area contributed by atoms with Crippen LogP contribution >= 0.6 is 23.2 Å². The molecule has 0 aromatic heterocycles. The summed E-state index contributed by atoms with van der Waals surface area (Å²) in [6.45, 7) is 2.85. The van der Waals surface area contributed by atoms with E-state index in [1.165, 1.54) is 0 Å². The van der Waals surface area contributed by atoms with Gasteiger partial charge in [-0.3, -0.25) is 4.79 Å². The van der Waals surface area contributed by atoms with E-state index >= 15 is 0 Å². The standard InChI is InChI=1S/C19H22Cl2N2O2/c1-2-3-18(22)19(24)23-11-13-4-7-15(8-5-13)25-12-14-6-9-16(20)17(21)10-14/h4-10,18H,2-3,11-12,22H2,1H3,(H,23,24)/t18-/m0/s1. The van der Waals surface area contributed by atoms with Gasteiger partial charge in [0.25, 0.3) is 0 Å². The topological polar surface area (TPSA) is 64.4 Å². The van der Waals surface area contributed by atoms with E-state index in [1.807, 2.05) is 37.3 Å². The zero-order valence-electron chi connectivity index (χ0n) is 14.1. The fourth-order valence-electron chi connectivity index (χ4n) is 2.26. The summed E-state index contributed by atoms with van der Waals surface area (Å²) in [6.07, 6.45) is 1.58. The fourth-order valence-corrected chi connectivity index (χ4v) is 2.58. The third-order valence-corrected chi connectivity index (χ3v) is 4.46. The molecule has 0 aliphatic rings. The van der Waals surface area contributed by atoms with Crippen molar-refractivity contribution in [3.05, 3.63) is 63.6 Å². The third-order valence-electron chi connectivity index (χ3n) is 3.72. The van der Waals surface area contributed by atoms with E-state index < -0.39 is 6.04 Å². The van der Waals surface area contributed by atoms with Crippen LogP contribution in [0.25, 0.3) is 0 Å². The molecule has 0 saturated carbocycles. The molecule has 0 unspecified atom stereocenters. The predicted octanol–water partition coefficient (Wildman–Crippen LogP) is 4.32. The molecule has 25 heavy (non-hydrogen) atoms. The van der Waals surface area contributed by atoms with Gasteiger partial charge in [-0.25, -0.2) is 0 Å². The Morgan fingerprint density at radius 3 is 2.44 bits per heavy atom. The quantitative estimate of drug-likeness (QED) is 0.716. The average Bonchev–Trinajstić information content (AvgIpc) is 2.61. The summed E-state index contributed by atoms with van der Waals surface area (Å²) in [5, 5.41) is 3.87. The van der Waals surface area contributed by atoms with Gasteiger partial charge in [0.1, 0.15) is 12.4 Å². The molecule has 0 saturated heterocycles. The second kappa shape index (κ2) is 9.66. The Kier molecular flexibility index (Phi) is 7.56. The molecule has 0 bridgehead atoms. The maximum Gasteiger partial charge on any atom is 0.237 e. The van der Waals surface area contributed by atoms with E-state index in [2.05, 4.69) is 5.32 Å². The van der Waals surface area contributed by atoms with Crippen LogP contribution in [0.3, 0.4) is 0 Å². The lowest BCUT2D eigenvalue weighted by Gasteiger charge is -2.12. The number of hydrogen-bond acceptors (Lipinski definition) is 3. The maximum atomic E-state index is 11.8. The van der Waals surface area contributed by atoms with Gasteiger partial charge < -0.3 is 15.8 Å². The van der Waals surface area contributed by atoms with Crippen molar-refractivity contribution in [1.82, 2.24) is 5.32 Å². The first-order valence-corrected chi connectivity index (χ1v) is 8.94. The van der Waals surface area contributed by atoms with Gasteiger partial charge in [0.15, 0.2) is 0 Å². The SMILES string of the molecule is CCC[C@H](N)C(=O)NCc1ccc(OCc2ccc(Cl)c(Cl)c2)cc1. The average molecular weight is 381 g/mol. The number of carbonyl (C=O) groups is 1. The Labute approximate surface area is 158 Å². The van der Waals surface area contributed by atoms with Gasteiger partial charge in [-0.15, -0.1) is 0 Å². The van der Waals surface area contributed by atoms with Crippen LogP contribution in [0.4, 0.5) is 0 Å².